The van der Waals surface area contributed by atoms with Crippen molar-refractivity contribution in [2.24, 2.45) is 10.9 Å². The number of halogens is 4. The molecule has 1 amide bonds. The first kappa shape index (κ1) is 32.1. The van der Waals surface area contributed by atoms with Crippen molar-refractivity contribution < 1.29 is 27.4 Å². The summed E-state index contributed by atoms with van der Waals surface area (Å²) in [5, 5.41) is 3.28. The van der Waals surface area contributed by atoms with Crippen molar-refractivity contribution >= 4 is 35.2 Å². The van der Waals surface area contributed by atoms with Crippen molar-refractivity contribution in [2.75, 3.05) is 30.5 Å². The van der Waals surface area contributed by atoms with Crippen LogP contribution in [-0.2, 0) is 10.9 Å². The summed E-state index contributed by atoms with van der Waals surface area (Å²) in [5.41, 5.74) is 0.134. The van der Waals surface area contributed by atoms with Crippen LogP contribution < -0.4 is 15.0 Å². The van der Waals surface area contributed by atoms with Crippen LogP contribution in [0.3, 0.4) is 0 Å². The molecule has 1 aliphatic heterocycles. The molecule has 2 aliphatic rings. The van der Waals surface area contributed by atoms with Crippen LogP contribution in [0.4, 0.5) is 29.7 Å². The van der Waals surface area contributed by atoms with Crippen molar-refractivity contribution in [1.29, 1.82) is 0 Å². The molecule has 1 aliphatic carbocycles. The number of aromatic nitrogens is 5. The van der Waals surface area contributed by atoms with E-state index in [0.717, 1.165) is 17.3 Å². The molecule has 1 saturated carbocycles. The van der Waals surface area contributed by atoms with E-state index in [9.17, 15) is 18.0 Å². The van der Waals surface area contributed by atoms with E-state index < -0.39 is 17.8 Å². The number of alkyl halides is 3. The van der Waals surface area contributed by atoms with Crippen LogP contribution in [0, 0.1) is 5.92 Å². The lowest BCUT2D eigenvalue weighted by molar-refractivity contribution is -0.138. The van der Waals surface area contributed by atoms with Gasteiger partial charge in [-0.2, -0.15) is 13.2 Å². The highest BCUT2D eigenvalue weighted by molar-refractivity contribution is 6.46. The number of aliphatic imine (C=N–C) groups is 1. The number of anilines is 2. The Kier molecular flexibility index (Phi) is 9.80. The van der Waals surface area contributed by atoms with Gasteiger partial charge in [-0.25, -0.2) is 29.7 Å². The van der Waals surface area contributed by atoms with Gasteiger partial charge in [-0.3, -0.25) is 9.89 Å². The van der Waals surface area contributed by atoms with Gasteiger partial charge < -0.3 is 14.8 Å². The van der Waals surface area contributed by atoms with Crippen LogP contribution in [0.5, 0.6) is 6.01 Å². The fourth-order valence-corrected chi connectivity index (χ4v) is 5.30. The number of ether oxygens (including phenoxy) is 2. The fourth-order valence-electron chi connectivity index (χ4n) is 5.08. The third kappa shape index (κ3) is 7.67. The summed E-state index contributed by atoms with van der Waals surface area (Å²) in [6.07, 6.45) is 4.37. The summed E-state index contributed by atoms with van der Waals surface area (Å²) in [4.78, 5) is 39.9. The third-order valence-corrected chi connectivity index (χ3v) is 7.67. The Bertz CT molecular complexity index is 1560. The van der Waals surface area contributed by atoms with E-state index in [2.05, 4.69) is 35.2 Å². The van der Waals surface area contributed by atoms with E-state index in [-0.39, 0.29) is 59.5 Å². The molecule has 0 spiro atoms. The average Bonchev–Trinajstić information content (AvgIpc) is 3.46. The summed E-state index contributed by atoms with van der Waals surface area (Å²) in [5.74, 6) is 0.639. The molecular weight excluding hydrogens is 613 g/mol. The molecule has 1 fully saturated rings. The van der Waals surface area contributed by atoms with Crippen molar-refractivity contribution in [3.05, 3.63) is 59.3 Å². The monoisotopic (exact) mass is 644 g/mol. The van der Waals surface area contributed by atoms with Crippen molar-refractivity contribution in [3.63, 3.8) is 0 Å². The van der Waals surface area contributed by atoms with Gasteiger partial charge in [0.15, 0.2) is 0 Å². The second-order valence-corrected chi connectivity index (χ2v) is 11.5. The first-order valence-corrected chi connectivity index (χ1v) is 14.8. The molecule has 0 atom stereocenters. The molecule has 15 heteroatoms. The van der Waals surface area contributed by atoms with Crippen LogP contribution in [0.1, 0.15) is 50.8 Å². The smallest absolute Gasteiger partial charge is 0.420 e. The Balaban J connectivity index is 1.30. The molecule has 3 aromatic heterocycles. The van der Waals surface area contributed by atoms with Crippen LogP contribution in [-0.4, -0.2) is 69.1 Å². The molecule has 4 heterocycles. The Hall–Kier alpha value is -4.33. The highest BCUT2D eigenvalue weighted by Gasteiger charge is 2.38. The molecule has 0 radical (unpaired) electrons. The summed E-state index contributed by atoms with van der Waals surface area (Å²) in [6.45, 7) is 4.35. The Morgan fingerprint density at radius 3 is 2.33 bits per heavy atom. The molecule has 3 aromatic rings. The van der Waals surface area contributed by atoms with Gasteiger partial charge in [0, 0.05) is 48.0 Å². The molecule has 238 valence electrons. The standard InChI is InChI=1S/C30H32ClF3N8O3/c1-17(2)16-45-29(43)42(24-9-4-18(12-36-24)19-13-38-28(44-3)39-14-19)21-7-5-20(6-8-21)40-27-37-15-22(30(32,33)34)25(41-27)26-23(31)10-11-35-26/h4,9-10,12-15,17,20-21H,5-8,11,16H2,1-3H3,(H,37,40,41). The minimum Gasteiger partial charge on any atom is -0.467 e. The summed E-state index contributed by atoms with van der Waals surface area (Å²) >= 11 is 6.12. The van der Waals surface area contributed by atoms with E-state index in [1.54, 1.807) is 29.6 Å². The van der Waals surface area contributed by atoms with Crippen LogP contribution >= 0.6 is 11.6 Å². The first-order chi connectivity index (χ1) is 21.5. The Morgan fingerprint density at radius 2 is 1.76 bits per heavy atom. The van der Waals surface area contributed by atoms with Gasteiger partial charge in [0.05, 0.1) is 25.3 Å². The number of nitrogens with zero attached hydrogens (tertiary/aromatic N) is 7. The lowest BCUT2D eigenvalue weighted by atomic mass is 9.90. The molecule has 5 rings (SSSR count). The largest absolute Gasteiger partial charge is 0.467 e. The minimum absolute atomic E-state index is 0.00765. The molecule has 11 nitrogen and oxygen atoms in total. The van der Waals surface area contributed by atoms with Crippen molar-refractivity contribution in [1.82, 2.24) is 24.9 Å². The van der Waals surface area contributed by atoms with Gasteiger partial charge in [0.1, 0.15) is 22.8 Å². The van der Waals surface area contributed by atoms with Gasteiger partial charge >= 0.3 is 18.3 Å². The molecule has 45 heavy (non-hydrogen) atoms. The number of nitrogens with one attached hydrogen (secondary N) is 1. The molecule has 0 unspecified atom stereocenters. The molecule has 0 aromatic carbocycles. The van der Waals surface area contributed by atoms with Crippen LogP contribution in [0.15, 0.2) is 53.0 Å². The Labute approximate surface area is 263 Å². The zero-order chi connectivity index (χ0) is 32.1. The molecular formula is C30H32ClF3N8O3. The van der Waals surface area contributed by atoms with E-state index in [1.807, 2.05) is 19.9 Å². The van der Waals surface area contributed by atoms with Crippen molar-refractivity contribution in [3.8, 4) is 17.1 Å². The second-order valence-electron chi connectivity index (χ2n) is 11.0. The maximum absolute atomic E-state index is 13.7. The van der Waals surface area contributed by atoms with Gasteiger partial charge in [-0.15, -0.1) is 0 Å². The number of rotatable bonds is 9. The number of hydrogen-bond acceptors (Lipinski definition) is 10. The number of pyridine rings is 1. The minimum atomic E-state index is -4.67. The third-order valence-electron chi connectivity index (χ3n) is 7.34. The quantitative estimate of drug-likeness (QED) is 0.285. The number of allylic oxidation sites excluding steroid dienone is 1. The fraction of sp³-hybridized carbons (Fsp3) is 0.433. The van der Waals surface area contributed by atoms with Gasteiger partial charge in [0.25, 0.3) is 0 Å². The summed E-state index contributed by atoms with van der Waals surface area (Å²) in [7, 11) is 1.49. The molecule has 0 saturated heterocycles. The van der Waals surface area contributed by atoms with Crippen molar-refractivity contribution in [2.45, 2.75) is 57.8 Å². The topological polar surface area (TPSA) is 128 Å². The lowest BCUT2D eigenvalue weighted by Gasteiger charge is -2.36. The number of methoxy groups -OCH3 is 1. The van der Waals surface area contributed by atoms with E-state index in [0.29, 0.717) is 31.5 Å². The zero-order valence-electron chi connectivity index (χ0n) is 24.9. The predicted molar refractivity (Wildman–Crippen MR) is 163 cm³/mol. The number of carbonyl (C=O) groups excluding carboxylic acids is 1. The molecule has 0 bridgehead atoms. The summed E-state index contributed by atoms with van der Waals surface area (Å²) < 4.78 is 51.7. The van der Waals surface area contributed by atoms with Gasteiger partial charge in [-0.1, -0.05) is 25.4 Å². The van der Waals surface area contributed by atoms with E-state index >= 15 is 0 Å². The normalized spacial score (nSPS) is 18.3. The predicted octanol–water partition coefficient (Wildman–Crippen LogP) is 6.30. The van der Waals surface area contributed by atoms with E-state index in [1.165, 1.54) is 13.2 Å². The SMILES string of the molecule is COc1ncc(-c2ccc(N(C(=O)OCC(C)C)C3CCC(Nc4ncc(C(F)(F)F)c(C5=NCC=C5Cl)n4)CC3)nc2)cn1. The van der Waals surface area contributed by atoms with Crippen LogP contribution in [0.2, 0.25) is 0 Å². The summed E-state index contributed by atoms with van der Waals surface area (Å²) in [6, 6.07) is 3.48. The zero-order valence-corrected chi connectivity index (χ0v) is 25.6. The number of amides is 1. The second kappa shape index (κ2) is 13.8. The van der Waals surface area contributed by atoms with Gasteiger partial charge in [-0.05, 0) is 49.8 Å². The maximum atomic E-state index is 13.7. The Morgan fingerprint density at radius 1 is 1.04 bits per heavy atom. The van der Waals surface area contributed by atoms with Crippen LogP contribution in [0.25, 0.3) is 11.1 Å². The number of hydrogen-bond donors (Lipinski definition) is 1. The average molecular weight is 645 g/mol. The molecule has 1 N–H and O–H groups in total. The van der Waals surface area contributed by atoms with Gasteiger partial charge in [0.2, 0.25) is 5.95 Å². The lowest BCUT2D eigenvalue weighted by Crippen LogP contribution is -2.45. The maximum Gasteiger partial charge on any atom is 0.420 e. The highest BCUT2D eigenvalue weighted by atomic mass is 35.5. The number of carbonyl (C=O) groups is 1. The first-order valence-electron chi connectivity index (χ1n) is 14.4. The highest BCUT2D eigenvalue weighted by Crippen LogP contribution is 2.35. The van der Waals surface area contributed by atoms with E-state index in [4.69, 9.17) is 21.1 Å².